The van der Waals surface area contributed by atoms with E-state index in [1.807, 2.05) is 47.4 Å². The Morgan fingerprint density at radius 2 is 1.57 bits per heavy atom. The number of halogens is 1. The highest BCUT2D eigenvalue weighted by atomic mass is 32.1. The molecular weight excluding hydrogens is 550 g/mol. The number of benzene rings is 4. The predicted molar refractivity (Wildman–Crippen MR) is 157 cm³/mol. The Hall–Kier alpha value is -3.59. The van der Waals surface area contributed by atoms with Gasteiger partial charge in [0.25, 0.3) is 0 Å². The Morgan fingerprint density at radius 1 is 0.925 bits per heavy atom. The minimum absolute atomic E-state index is 0.0399. The lowest BCUT2D eigenvalue weighted by Gasteiger charge is -2.29. The first-order valence-electron chi connectivity index (χ1n) is 12.7. The summed E-state index contributed by atoms with van der Waals surface area (Å²) in [6, 6.07) is 26.0. The molecule has 0 radical (unpaired) electrons. The first-order chi connectivity index (χ1) is 19.1. The number of phenolic OH excluding ortho intramolecular Hbond substituents is 1. The van der Waals surface area contributed by atoms with E-state index in [0.717, 1.165) is 5.69 Å². The largest absolute Gasteiger partial charge is 0.508 e. The van der Waals surface area contributed by atoms with Gasteiger partial charge in [0.1, 0.15) is 11.6 Å². The second kappa shape index (κ2) is 11.5. The smallest absolute Gasteiger partial charge is 0.356 e. The van der Waals surface area contributed by atoms with Gasteiger partial charge in [0.2, 0.25) is 0 Å². The summed E-state index contributed by atoms with van der Waals surface area (Å²) in [5, 5.41) is 25.8. The summed E-state index contributed by atoms with van der Waals surface area (Å²) >= 11 is 5.72. The van der Waals surface area contributed by atoms with Crippen LogP contribution >= 0.6 is 19.8 Å². The van der Waals surface area contributed by atoms with E-state index >= 15 is 0 Å². The number of thiocarbonyl (C=S) groups is 1. The summed E-state index contributed by atoms with van der Waals surface area (Å²) in [4.78, 5) is 20.7. The van der Waals surface area contributed by atoms with Gasteiger partial charge in [-0.3, -0.25) is 4.57 Å². The molecule has 40 heavy (non-hydrogen) atoms. The lowest BCUT2D eigenvalue weighted by molar-refractivity contribution is 0.159. The fraction of sp³-hybridized carbons (Fsp3) is 0.167. The third-order valence-electron chi connectivity index (χ3n) is 7.11. The summed E-state index contributed by atoms with van der Waals surface area (Å²) in [7, 11) is -4.35. The lowest BCUT2D eigenvalue weighted by atomic mass is 9.91. The van der Waals surface area contributed by atoms with E-state index in [-0.39, 0.29) is 29.0 Å². The van der Waals surface area contributed by atoms with E-state index in [1.165, 1.54) is 24.3 Å². The maximum atomic E-state index is 13.3. The van der Waals surface area contributed by atoms with Crippen molar-refractivity contribution in [3.8, 4) is 16.9 Å². The van der Waals surface area contributed by atoms with Crippen LogP contribution in [0.1, 0.15) is 36.1 Å². The number of hydrogen-bond acceptors (Lipinski definition) is 4. The van der Waals surface area contributed by atoms with Crippen molar-refractivity contribution in [2.45, 2.75) is 31.0 Å². The fourth-order valence-electron chi connectivity index (χ4n) is 5.08. The van der Waals surface area contributed by atoms with Gasteiger partial charge in [-0.15, -0.1) is 0 Å². The number of nitrogens with zero attached hydrogens (tertiary/aromatic N) is 1. The van der Waals surface area contributed by atoms with Crippen LogP contribution in [0.15, 0.2) is 97.1 Å². The van der Waals surface area contributed by atoms with Gasteiger partial charge in [-0.25, -0.2) is 4.39 Å². The van der Waals surface area contributed by atoms with Crippen LogP contribution in [0.5, 0.6) is 5.75 Å². The number of aliphatic hydroxyl groups is 1. The molecule has 5 rings (SSSR count). The summed E-state index contributed by atoms with van der Waals surface area (Å²) in [5.74, 6) is -0.327. The zero-order valence-electron chi connectivity index (χ0n) is 21.3. The molecule has 0 amide bonds. The minimum atomic E-state index is -4.35. The number of rotatable bonds is 8. The highest BCUT2D eigenvalue weighted by Crippen LogP contribution is 2.42. The molecule has 0 spiro atoms. The SMILES string of the molecule is O=P(O)(O)c1ccc(-c2ccc(C3C(CCC(O)c4ccc(F)cc4)NC(=S)N3c3ccccc3)c(O)c2)cc1. The number of hydrogen-bond donors (Lipinski definition) is 5. The average Bonchev–Trinajstić information content (AvgIpc) is 3.27. The quantitative estimate of drug-likeness (QED) is 0.141. The van der Waals surface area contributed by atoms with Gasteiger partial charge >= 0.3 is 7.60 Å². The van der Waals surface area contributed by atoms with Crippen LogP contribution in [-0.2, 0) is 4.57 Å². The average molecular weight is 579 g/mol. The monoisotopic (exact) mass is 578 g/mol. The van der Waals surface area contributed by atoms with Gasteiger partial charge in [0, 0.05) is 11.3 Å². The molecule has 5 N–H and O–H groups in total. The van der Waals surface area contributed by atoms with Gasteiger partial charge in [-0.1, -0.05) is 54.6 Å². The van der Waals surface area contributed by atoms with Crippen molar-refractivity contribution in [1.82, 2.24) is 5.32 Å². The zero-order valence-corrected chi connectivity index (χ0v) is 23.0. The molecule has 0 aromatic heterocycles. The van der Waals surface area contributed by atoms with Gasteiger partial charge in [0.15, 0.2) is 5.11 Å². The molecule has 0 bridgehead atoms. The summed E-state index contributed by atoms with van der Waals surface area (Å²) < 4.78 is 24.9. The molecule has 4 aromatic carbocycles. The Balaban J connectivity index is 1.45. The molecule has 1 saturated heterocycles. The third-order valence-corrected chi connectivity index (χ3v) is 8.40. The number of aliphatic hydroxyl groups excluding tert-OH is 1. The molecule has 1 heterocycles. The minimum Gasteiger partial charge on any atom is -0.508 e. The van der Waals surface area contributed by atoms with Crippen LogP contribution in [-0.4, -0.2) is 31.2 Å². The first kappa shape index (κ1) is 28.0. The number of para-hydroxylation sites is 1. The van der Waals surface area contributed by atoms with Crippen LogP contribution in [0.2, 0.25) is 0 Å². The van der Waals surface area contributed by atoms with Gasteiger partial charge in [-0.2, -0.15) is 0 Å². The molecule has 1 aliphatic rings. The maximum Gasteiger partial charge on any atom is 0.356 e. The topological polar surface area (TPSA) is 113 Å². The van der Waals surface area contributed by atoms with Crippen molar-refractivity contribution in [2.75, 3.05) is 4.90 Å². The molecule has 7 nitrogen and oxygen atoms in total. The molecule has 1 aliphatic heterocycles. The highest BCUT2D eigenvalue weighted by Gasteiger charge is 2.40. The molecule has 206 valence electrons. The summed E-state index contributed by atoms with van der Waals surface area (Å²) in [5.41, 5.74) is 3.48. The van der Waals surface area contributed by atoms with Crippen molar-refractivity contribution >= 4 is 35.9 Å². The molecule has 0 aliphatic carbocycles. The standard InChI is InChI=1S/C30H28FN2O5PS/c31-22-11-6-20(7-12-22)27(34)17-16-26-29(33(30(40)32-26)23-4-2-1-3-5-23)25-15-10-21(18-28(25)35)19-8-13-24(14-9-19)39(36,37)38/h1-15,18,26-27,29,34-35H,16-17H2,(H,32,40)(H2,36,37,38). The van der Waals surface area contributed by atoms with Crippen molar-refractivity contribution < 1.29 is 29.0 Å². The molecular formula is C30H28FN2O5PS. The van der Waals surface area contributed by atoms with Crippen molar-refractivity contribution in [3.05, 3.63) is 114 Å². The van der Waals surface area contributed by atoms with Crippen LogP contribution in [0.3, 0.4) is 0 Å². The Bertz CT molecular complexity index is 1550. The fourth-order valence-corrected chi connectivity index (χ4v) is 5.98. The first-order valence-corrected chi connectivity index (χ1v) is 14.7. The molecule has 3 unspecified atom stereocenters. The number of anilines is 1. The van der Waals surface area contributed by atoms with Gasteiger partial charge in [-0.05, 0) is 84.2 Å². The molecule has 0 saturated carbocycles. The van der Waals surface area contributed by atoms with Crippen molar-refractivity contribution in [1.29, 1.82) is 0 Å². The normalized spacial score (nSPS) is 18.0. The number of phenols is 1. The maximum absolute atomic E-state index is 13.3. The van der Waals surface area contributed by atoms with E-state index in [4.69, 9.17) is 12.2 Å². The molecule has 1 fully saturated rings. The third kappa shape index (κ3) is 5.94. The Kier molecular flexibility index (Phi) is 8.03. The Labute approximate surface area is 236 Å². The second-order valence-electron chi connectivity index (χ2n) is 9.72. The van der Waals surface area contributed by atoms with E-state index in [2.05, 4.69) is 5.32 Å². The lowest BCUT2D eigenvalue weighted by Crippen LogP contribution is -2.29. The van der Waals surface area contributed by atoms with Crippen molar-refractivity contribution in [3.63, 3.8) is 0 Å². The summed E-state index contributed by atoms with van der Waals surface area (Å²) in [6.07, 6.45) is 0.0996. The molecule has 3 atom stereocenters. The number of aromatic hydroxyl groups is 1. The van der Waals surface area contributed by atoms with Crippen LogP contribution in [0, 0.1) is 5.82 Å². The van der Waals surface area contributed by atoms with Crippen molar-refractivity contribution in [2.24, 2.45) is 0 Å². The van der Waals surface area contributed by atoms with E-state index in [1.54, 1.807) is 30.3 Å². The Morgan fingerprint density at radius 3 is 2.20 bits per heavy atom. The molecule has 10 heteroatoms. The molecule has 4 aromatic rings. The zero-order chi connectivity index (χ0) is 28.4. The highest BCUT2D eigenvalue weighted by molar-refractivity contribution is 7.80. The predicted octanol–water partition coefficient (Wildman–Crippen LogP) is 5.32. The number of nitrogens with one attached hydrogen (secondary N) is 1. The van der Waals surface area contributed by atoms with Crippen LogP contribution < -0.4 is 15.5 Å². The second-order valence-corrected chi connectivity index (χ2v) is 11.7. The van der Waals surface area contributed by atoms with Gasteiger partial charge < -0.3 is 30.2 Å². The van der Waals surface area contributed by atoms with Crippen LogP contribution in [0.4, 0.5) is 10.1 Å². The van der Waals surface area contributed by atoms with Crippen LogP contribution in [0.25, 0.3) is 11.1 Å². The van der Waals surface area contributed by atoms with E-state index < -0.39 is 13.7 Å². The van der Waals surface area contributed by atoms with Gasteiger partial charge in [0.05, 0.1) is 23.5 Å². The van der Waals surface area contributed by atoms with E-state index in [9.17, 15) is 29.0 Å². The van der Waals surface area contributed by atoms with E-state index in [0.29, 0.717) is 40.2 Å². The summed E-state index contributed by atoms with van der Waals surface area (Å²) in [6.45, 7) is 0.